The van der Waals surface area contributed by atoms with Crippen LogP contribution >= 0.6 is 0 Å². The Morgan fingerprint density at radius 3 is 2.95 bits per heavy atom. The minimum Gasteiger partial charge on any atom is -0.468 e. The molecule has 1 aliphatic rings. The number of likely N-dealkylation sites (tertiary alicyclic amines) is 1. The first-order valence-corrected chi connectivity index (χ1v) is 7.75. The molecule has 0 saturated carbocycles. The van der Waals surface area contributed by atoms with E-state index in [1.165, 1.54) is 7.11 Å². The van der Waals surface area contributed by atoms with Crippen molar-refractivity contribution in [3.05, 3.63) is 10.4 Å². The monoisotopic (exact) mass is 297 g/mol. The first-order chi connectivity index (χ1) is 10.2. The van der Waals surface area contributed by atoms with Gasteiger partial charge in [0.15, 0.2) is 0 Å². The van der Waals surface area contributed by atoms with Crippen molar-refractivity contribution >= 4 is 5.97 Å². The molecule has 0 bridgehead atoms. The lowest BCUT2D eigenvalue weighted by atomic mass is 9.90. The van der Waals surface area contributed by atoms with E-state index in [0.717, 1.165) is 51.7 Å². The molecule has 1 atom stereocenters. The van der Waals surface area contributed by atoms with Gasteiger partial charge in [0, 0.05) is 18.0 Å². The Kier molecular flexibility index (Phi) is 8.12. The van der Waals surface area contributed by atoms with Gasteiger partial charge >= 0.3 is 5.97 Å². The summed E-state index contributed by atoms with van der Waals surface area (Å²) in [4.78, 5) is 17.4. The summed E-state index contributed by atoms with van der Waals surface area (Å²) in [6.07, 6.45) is 4.40. The van der Waals surface area contributed by atoms with Gasteiger partial charge in [0.25, 0.3) is 0 Å². The zero-order valence-electron chi connectivity index (χ0n) is 13.2. The molecule has 1 saturated heterocycles. The van der Waals surface area contributed by atoms with Gasteiger partial charge in [-0.2, -0.15) is 0 Å². The third-order valence-electron chi connectivity index (χ3n) is 4.01. The normalized spacial score (nSPS) is 23.1. The van der Waals surface area contributed by atoms with Crippen molar-refractivity contribution in [2.75, 3.05) is 39.8 Å². The van der Waals surface area contributed by atoms with Crippen molar-refractivity contribution in [1.82, 2.24) is 10.2 Å². The number of nitrogens with one attached hydrogen (secondary N) is 1. The molecule has 1 rings (SSSR count). The number of hydrogen-bond acceptors (Lipinski definition) is 5. The molecule has 0 aliphatic carbocycles. The maximum atomic E-state index is 12.2. The molecule has 7 heteroatoms. The van der Waals surface area contributed by atoms with Gasteiger partial charge in [-0.15, -0.1) is 0 Å². The van der Waals surface area contributed by atoms with E-state index in [9.17, 15) is 4.79 Å². The minimum atomic E-state index is -0.590. The average molecular weight is 297 g/mol. The summed E-state index contributed by atoms with van der Waals surface area (Å²) in [6, 6.07) is 0. The van der Waals surface area contributed by atoms with E-state index in [1.54, 1.807) is 0 Å². The lowest BCUT2D eigenvalue weighted by Gasteiger charge is -2.31. The Labute approximate surface area is 126 Å². The van der Waals surface area contributed by atoms with Gasteiger partial charge in [-0.25, -0.2) is 0 Å². The second kappa shape index (κ2) is 9.60. The van der Waals surface area contributed by atoms with Crippen LogP contribution in [0.4, 0.5) is 0 Å². The van der Waals surface area contributed by atoms with Crippen LogP contribution in [0.3, 0.4) is 0 Å². The molecule has 0 aromatic carbocycles. The third kappa shape index (κ3) is 5.53. The van der Waals surface area contributed by atoms with Gasteiger partial charge in [0.1, 0.15) is 5.54 Å². The zero-order chi connectivity index (χ0) is 15.6. The van der Waals surface area contributed by atoms with Crippen LogP contribution in [0.5, 0.6) is 0 Å². The Hall–Kier alpha value is -1.30. The van der Waals surface area contributed by atoms with E-state index < -0.39 is 5.54 Å². The molecule has 0 aromatic heterocycles. The number of carbonyl (C=O) groups is 1. The highest BCUT2D eigenvalue weighted by Crippen LogP contribution is 2.24. The van der Waals surface area contributed by atoms with Crippen molar-refractivity contribution < 1.29 is 9.53 Å². The number of hydrogen-bond donors (Lipinski definition) is 1. The molecule has 1 aliphatic heterocycles. The summed E-state index contributed by atoms with van der Waals surface area (Å²) in [6.45, 7) is 6.30. The van der Waals surface area contributed by atoms with E-state index in [2.05, 4.69) is 27.2 Å². The maximum Gasteiger partial charge on any atom is 0.326 e. The molecule has 7 nitrogen and oxygen atoms in total. The fourth-order valence-corrected chi connectivity index (χ4v) is 2.90. The number of methoxy groups -OCH3 is 1. The Morgan fingerprint density at radius 2 is 2.29 bits per heavy atom. The fourth-order valence-electron chi connectivity index (χ4n) is 2.90. The minimum absolute atomic E-state index is 0.176. The second-order valence-corrected chi connectivity index (χ2v) is 5.50. The van der Waals surface area contributed by atoms with E-state index in [-0.39, 0.29) is 5.97 Å². The number of rotatable bonds is 8. The SMILES string of the molecule is CCCN1CCCC(NCCCN=[N+]=[N-])(C(=O)OC)CC1. The molecule has 21 heavy (non-hydrogen) atoms. The highest BCUT2D eigenvalue weighted by molar-refractivity contribution is 5.80. The lowest BCUT2D eigenvalue weighted by molar-refractivity contribution is -0.149. The summed E-state index contributed by atoms with van der Waals surface area (Å²) in [5, 5.41) is 6.88. The first kappa shape index (κ1) is 17.8. The van der Waals surface area contributed by atoms with Crippen LogP contribution in [0.1, 0.15) is 39.0 Å². The molecule has 0 amide bonds. The summed E-state index contributed by atoms with van der Waals surface area (Å²) in [7, 11) is 1.44. The Morgan fingerprint density at radius 1 is 1.48 bits per heavy atom. The summed E-state index contributed by atoms with van der Waals surface area (Å²) < 4.78 is 5.02. The van der Waals surface area contributed by atoms with Crippen LogP contribution in [0.15, 0.2) is 5.11 Å². The quantitative estimate of drug-likeness (QED) is 0.244. The topological polar surface area (TPSA) is 90.3 Å². The van der Waals surface area contributed by atoms with Gasteiger partial charge in [-0.3, -0.25) is 4.79 Å². The molecule has 0 radical (unpaired) electrons. The van der Waals surface area contributed by atoms with Crippen LogP contribution in [0, 0.1) is 0 Å². The van der Waals surface area contributed by atoms with E-state index >= 15 is 0 Å². The number of nitrogens with zero attached hydrogens (tertiary/aromatic N) is 4. The predicted octanol–water partition coefficient (Wildman–Crippen LogP) is 2.08. The van der Waals surface area contributed by atoms with Gasteiger partial charge in [-0.1, -0.05) is 12.0 Å². The summed E-state index contributed by atoms with van der Waals surface area (Å²) in [5.74, 6) is -0.176. The van der Waals surface area contributed by atoms with Crippen LogP contribution < -0.4 is 5.32 Å². The van der Waals surface area contributed by atoms with Crippen molar-refractivity contribution in [2.24, 2.45) is 5.11 Å². The lowest BCUT2D eigenvalue weighted by Crippen LogP contribution is -2.53. The van der Waals surface area contributed by atoms with Crippen molar-refractivity contribution in [1.29, 1.82) is 0 Å². The third-order valence-corrected chi connectivity index (χ3v) is 4.01. The van der Waals surface area contributed by atoms with Crippen molar-refractivity contribution in [3.8, 4) is 0 Å². The number of carbonyl (C=O) groups excluding carboxylic acids is 1. The summed E-state index contributed by atoms with van der Waals surface area (Å²) in [5.41, 5.74) is 7.68. The van der Waals surface area contributed by atoms with Crippen molar-refractivity contribution in [2.45, 2.75) is 44.6 Å². The number of ether oxygens (including phenoxy) is 1. The molecular formula is C14H27N5O2. The van der Waals surface area contributed by atoms with Crippen LogP contribution in [-0.2, 0) is 9.53 Å². The molecule has 1 heterocycles. The maximum absolute atomic E-state index is 12.2. The Bertz CT molecular complexity index is 370. The van der Waals surface area contributed by atoms with Crippen LogP contribution in [-0.4, -0.2) is 56.2 Å². The first-order valence-electron chi connectivity index (χ1n) is 7.75. The van der Waals surface area contributed by atoms with E-state index in [1.807, 2.05) is 0 Å². The van der Waals surface area contributed by atoms with Gasteiger partial charge < -0.3 is 15.0 Å². The van der Waals surface area contributed by atoms with Crippen LogP contribution in [0.2, 0.25) is 0 Å². The molecule has 1 unspecified atom stereocenters. The smallest absolute Gasteiger partial charge is 0.326 e. The largest absolute Gasteiger partial charge is 0.468 e. The average Bonchev–Trinajstić information content (AvgIpc) is 2.70. The standard InChI is InChI=1S/C14H27N5O2/c1-3-10-19-11-4-6-14(7-12-19,13(20)21-2)16-8-5-9-17-18-15/h16H,3-12H2,1-2H3. The van der Waals surface area contributed by atoms with Gasteiger partial charge in [0.05, 0.1) is 7.11 Å². The number of esters is 1. The van der Waals surface area contributed by atoms with Crippen LogP contribution in [0.25, 0.3) is 10.4 Å². The molecule has 1 N–H and O–H groups in total. The fraction of sp³-hybridized carbons (Fsp3) is 0.929. The Balaban J connectivity index is 2.61. The number of azide groups is 1. The molecular weight excluding hydrogens is 270 g/mol. The zero-order valence-corrected chi connectivity index (χ0v) is 13.2. The molecule has 1 fully saturated rings. The highest BCUT2D eigenvalue weighted by atomic mass is 16.5. The van der Waals surface area contributed by atoms with E-state index in [0.29, 0.717) is 13.1 Å². The highest BCUT2D eigenvalue weighted by Gasteiger charge is 2.40. The molecule has 0 aromatic rings. The van der Waals surface area contributed by atoms with Crippen molar-refractivity contribution in [3.63, 3.8) is 0 Å². The predicted molar refractivity (Wildman–Crippen MR) is 82.0 cm³/mol. The molecule has 120 valence electrons. The van der Waals surface area contributed by atoms with Gasteiger partial charge in [-0.05, 0) is 57.3 Å². The molecule has 0 spiro atoms. The van der Waals surface area contributed by atoms with Gasteiger partial charge in [0.2, 0.25) is 0 Å². The van der Waals surface area contributed by atoms with E-state index in [4.69, 9.17) is 10.3 Å². The second-order valence-electron chi connectivity index (χ2n) is 5.50. The summed E-state index contributed by atoms with van der Waals surface area (Å²) >= 11 is 0.